The van der Waals surface area contributed by atoms with E-state index in [0.717, 1.165) is 11.8 Å². The van der Waals surface area contributed by atoms with Crippen molar-refractivity contribution in [2.45, 2.75) is 11.8 Å². The van der Waals surface area contributed by atoms with Gasteiger partial charge in [0.25, 0.3) is 5.69 Å². The molecule has 3 N–H and O–H groups in total. The van der Waals surface area contributed by atoms with Gasteiger partial charge in [-0.2, -0.15) is 0 Å². The molecule has 102 valence electrons. The van der Waals surface area contributed by atoms with Crippen LogP contribution in [0.1, 0.15) is 17.3 Å². The maximum Gasteiger partial charge on any atom is 0.307 e. The molecule has 0 spiro atoms. The minimum Gasteiger partial charge on any atom is -0.481 e. The van der Waals surface area contributed by atoms with Crippen LogP contribution in [0.4, 0.5) is 5.69 Å². The zero-order chi connectivity index (χ0) is 14.6. The Morgan fingerprint density at radius 3 is 2.63 bits per heavy atom. The summed E-state index contributed by atoms with van der Waals surface area (Å²) >= 11 is 1.01. The Bertz CT molecular complexity index is 532. The van der Waals surface area contributed by atoms with Gasteiger partial charge in [-0.15, -0.1) is 11.8 Å². The van der Waals surface area contributed by atoms with Gasteiger partial charge in [-0.05, 0) is 12.1 Å². The standard InChI is InChI=1S/C11H12N2O5S/c1-6(11(15)16)5-19-9-4-7(10(12)14)2-3-8(9)13(17)18/h2-4,6H,5H2,1H3,(H2,12,14)(H,15,16). The number of carboxylic acids is 1. The quantitative estimate of drug-likeness (QED) is 0.463. The van der Waals surface area contributed by atoms with Gasteiger partial charge in [0.1, 0.15) is 0 Å². The summed E-state index contributed by atoms with van der Waals surface area (Å²) in [6.45, 7) is 1.50. The van der Waals surface area contributed by atoms with Crippen LogP contribution in [0.3, 0.4) is 0 Å². The maximum atomic E-state index is 11.0. The van der Waals surface area contributed by atoms with Crippen LogP contribution in [0.25, 0.3) is 0 Å². The number of carbonyl (C=O) groups is 2. The van der Waals surface area contributed by atoms with Crippen LogP contribution in [0.15, 0.2) is 23.1 Å². The summed E-state index contributed by atoms with van der Waals surface area (Å²) in [7, 11) is 0. The number of carboxylic acid groups (broad SMARTS) is 1. The number of hydrogen-bond donors (Lipinski definition) is 2. The normalized spacial score (nSPS) is 11.8. The molecule has 0 aromatic heterocycles. The number of benzene rings is 1. The van der Waals surface area contributed by atoms with Crippen molar-refractivity contribution in [1.29, 1.82) is 0 Å². The van der Waals surface area contributed by atoms with E-state index in [1.807, 2.05) is 0 Å². The number of aliphatic carboxylic acids is 1. The van der Waals surface area contributed by atoms with Gasteiger partial charge in [0.2, 0.25) is 5.91 Å². The molecule has 0 aliphatic heterocycles. The molecule has 1 amide bonds. The van der Waals surface area contributed by atoms with Crippen molar-refractivity contribution in [3.8, 4) is 0 Å². The van der Waals surface area contributed by atoms with Crippen LogP contribution in [0.2, 0.25) is 0 Å². The Hall–Kier alpha value is -2.09. The molecule has 0 heterocycles. The molecule has 8 heteroatoms. The van der Waals surface area contributed by atoms with E-state index in [-0.39, 0.29) is 21.9 Å². The Labute approximate surface area is 112 Å². The van der Waals surface area contributed by atoms with Crippen molar-refractivity contribution in [2.75, 3.05) is 5.75 Å². The summed E-state index contributed by atoms with van der Waals surface area (Å²) in [5.74, 6) is -2.16. The third-order valence-corrected chi connectivity index (χ3v) is 3.66. The van der Waals surface area contributed by atoms with Gasteiger partial charge in [0.05, 0.1) is 15.7 Å². The number of primary amides is 1. The van der Waals surface area contributed by atoms with Gasteiger partial charge in [0, 0.05) is 17.4 Å². The molecule has 0 saturated heterocycles. The highest BCUT2D eigenvalue weighted by molar-refractivity contribution is 7.99. The molecule has 1 atom stereocenters. The first-order valence-electron chi connectivity index (χ1n) is 5.26. The van der Waals surface area contributed by atoms with E-state index in [9.17, 15) is 19.7 Å². The molecule has 1 rings (SSSR count). The number of nitrogens with two attached hydrogens (primary N) is 1. The molecular weight excluding hydrogens is 272 g/mol. The SMILES string of the molecule is CC(CSc1cc(C(N)=O)ccc1[N+](=O)[O-])C(=O)O. The van der Waals surface area contributed by atoms with Gasteiger partial charge >= 0.3 is 5.97 Å². The topological polar surface area (TPSA) is 124 Å². The van der Waals surface area contributed by atoms with Gasteiger partial charge in [0.15, 0.2) is 0 Å². The molecule has 0 saturated carbocycles. The number of amides is 1. The van der Waals surface area contributed by atoms with Crippen molar-refractivity contribution in [2.24, 2.45) is 11.7 Å². The summed E-state index contributed by atoms with van der Waals surface area (Å²) in [6, 6.07) is 3.76. The van der Waals surface area contributed by atoms with Crippen molar-refractivity contribution >= 4 is 29.3 Å². The first kappa shape index (κ1) is 15.0. The van der Waals surface area contributed by atoms with Crippen LogP contribution in [0, 0.1) is 16.0 Å². The minimum atomic E-state index is -0.985. The number of thioether (sulfide) groups is 1. The van der Waals surface area contributed by atoms with E-state index in [2.05, 4.69) is 0 Å². The van der Waals surface area contributed by atoms with Gasteiger partial charge in [-0.25, -0.2) is 0 Å². The number of carbonyl (C=O) groups excluding carboxylic acids is 1. The zero-order valence-corrected chi connectivity index (χ0v) is 10.8. The lowest BCUT2D eigenvalue weighted by Gasteiger charge is -2.07. The van der Waals surface area contributed by atoms with Crippen LogP contribution in [-0.4, -0.2) is 27.7 Å². The molecule has 1 unspecified atom stereocenters. The zero-order valence-electron chi connectivity index (χ0n) is 10.0. The second-order valence-electron chi connectivity index (χ2n) is 3.85. The van der Waals surface area contributed by atoms with Gasteiger partial charge < -0.3 is 10.8 Å². The third-order valence-electron chi connectivity index (χ3n) is 2.35. The van der Waals surface area contributed by atoms with Gasteiger partial charge in [-0.1, -0.05) is 6.92 Å². The van der Waals surface area contributed by atoms with Crippen molar-refractivity contribution in [1.82, 2.24) is 0 Å². The summed E-state index contributed by atoms with van der Waals surface area (Å²) in [5.41, 5.74) is 5.08. The molecule has 1 aromatic carbocycles. The van der Waals surface area contributed by atoms with E-state index in [1.165, 1.54) is 25.1 Å². The highest BCUT2D eigenvalue weighted by atomic mass is 32.2. The molecule has 0 bridgehead atoms. The maximum absolute atomic E-state index is 11.0. The van der Waals surface area contributed by atoms with Crippen molar-refractivity contribution < 1.29 is 19.6 Å². The van der Waals surface area contributed by atoms with Crippen molar-refractivity contribution in [3.05, 3.63) is 33.9 Å². The van der Waals surface area contributed by atoms with Crippen LogP contribution >= 0.6 is 11.8 Å². The number of nitro groups is 1. The Morgan fingerprint density at radius 1 is 1.53 bits per heavy atom. The monoisotopic (exact) mass is 284 g/mol. The fraction of sp³-hybridized carbons (Fsp3) is 0.273. The summed E-state index contributed by atoms with van der Waals surface area (Å²) < 4.78 is 0. The molecule has 0 fully saturated rings. The summed E-state index contributed by atoms with van der Waals surface area (Å²) in [6.07, 6.45) is 0. The first-order chi connectivity index (χ1) is 8.82. The molecule has 0 aliphatic carbocycles. The van der Waals surface area contributed by atoms with Gasteiger partial charge in [-0.3, -0.25) is 19.7 Å². The van der Waals surface area contributed by atoms with E-state index in [4.69, 9.17) is 10.8 Å². The molecule has 1 aromatic rings. The van der Waals surface area contributed by atoms with E-state index < -0.39 is 22.7 Å². The van der Waals surface area contributed by atoms with Crippen molar-refractivity contribution in [3.63, 3.8) is 0 Å². The van der Waals surface area contributed by atoms with Crippen LogP contribution < -0.4 is 5.73 Å². The lowest BCUT2D eigenvalue weighted by atomic mass is 10.2. The highest BCUT2D eigenvalue weighted by Crippen LogP contribution is 2.31. The molecule has 0 radical (unpaired) electrons. The second-order valence-corrected chi connectivity index (χ2v) is 4.92. The molecular formula is C11H12N2O5S. The van der Waals surface area contributed by atoms with E-state index >= 15 is 0 Å². The molecule has 0 aliphatic rings. The number of nitro benzene ring substituents is 1. The van der Waals surface area contributed by atoms with Crippen LogP contribution in [0.5, 0.6) is 0 Å². The minimum absolute atomic E-state index is 0.149. The Kier molecular flexibility index (Phi) is 4.87. The molecule has 19 heavy (non-hydrogen) atoms. The average Bonchev–Trinajstić information content (AvgIpc) is 2.34. The molecule has 7 nitrogen and oxygen atoms in total. The lowest BCUT2D eigenvalue weighted by molar-refractivity contribution is -0.387. The smallest absolute Gasteiger partial charge is 0.307 e. The largest absolute Gasteiger partial charge is 0.481 e. The predicted molar refractivity (Wildman–Crippen MR) is 69.1 cm³/mol. The predicted octanol–water partition coefficient (Wildman–Crippen LogP) is 1.51. The average molecular weight is 284 g/mol. The second kappa shape index (κ2) is 6.19. The van der Waals surface area contributed by atoms with E-state index in [1.54, 1.807) is 0 Å². The van der Waals surface area contributed by atoms with E-state index in [0.29, 0.717) is 0 Å². The lowest BCUT2D eigenvalue weighted by Crippen LogP contribution is -2.13. The summed E-state index contributed by atoms with van der Waals surface area (Å²) in [4.78, 5) is 32.2. The Morgan fingerprint density at radius 2 is 2.16 bits per heavy atom. The van der Waals surface area contributed by atoms with Crippen LogP contribution in [-0.2, 0) is 4.79 Å². The fourth-order valence-electron chi connectivity index (χ4n) is 1.22. The third kappa shape index (κ3) is 3.95. The number of nitrogens with zero attached hydrogens (tertiary/aromatic N) is 1. The highest BCUT2D eigenvalue weighted by Gasteiger charge is 2.19. The number of rotatable bonds is 6. The summed E-state index contributed by atoms with van der Waals surface area (Å²) in [5, 5.41) is 19.6. The number of hydrogen-bond acceptors (Lipinski definition) is 5. The first-order valence-corrected chi connectivity index (χ1v) is 6.25. The fourth-order valence-corrected chi connectivity index (χ4v) is 2.29. The Balaban J connectivity index is 3.01.